The van der Waals surface area contributed by atoms with Crippen LogP contribution in [0.5, 0.6) is 0 Å². The molecule has 1 saturated heterocycles. The molecule has 1 fully saturated rings. The molecule has 0 aliphatic carbocycles. The van der Waals surface area contributed by atoms with Crippen LogP contribution in [0.3, 0.4) is 0 Å². The summed E-state index contributed by atoms with van der Waals surface area (Å²) in [6.45, 7) is 5.16. The Morgan fingerprint density at radius 2 is 2.17 bits per heavy atom. The van der Waals surface area contributed by atoms with Crippen LogP contribution in [0.1, 0.15) is 25.3 Å². The minimum atomic E-state index is -0.677. The Morgan fingerprint density at radius 1 is 1.44 bits per heavy atom. The minimum Gasteiger partial charge on any atom is -0.481 e. The van der Waals surface area contributed by atoms with Gasteiger partial charge in [0.2, 0.25) is 0 Å². The van der Waals surface area contributed by atoms with Crippen molar-refractivity contribution in [1.82, 2.24) is 4.90 Å². The summed E-state index contributed by atoms with van der Waals surface area (Å²) in [7, 11) is 0. The Hall–Kier alpha value is -1.35. The molecule has 1 N–H and O–H groups in total. The van der Waals surface area contributed by atoms with E-state index in [4.69, 9.17) is 5.11 Å². The molecule has 2 rings (SSSR count). The number of hydrogen-bond acceptors (Lipinski definition) is 2. The molecule has 1 heterocycles. The average Bonchev–Trinajstić information content (AvgIpc) is 2.78. The molecule has 3 heteroatoms. The van der Waals surface area contributed by atoms with E-state index in [1.165, 1.54) is 5.56 Å². The molecule has 0 spiro atoms. The summed E-state index contributed by atoms with van der Waals surface area (Å²) in [5.74, 6) is 0.136. The van der Waals surface area contributed by atoms with Crippen LogP contribution in [0.2, 0.25) is 0 Å². The minimum absolute atomic E-state index is 0.281. The van der Waals surface area contributed by atoms with Crippen LogP contribution in [0.25, 0.3) is 0 Å². The van der Waals surface area contributed by atoms with Crippen molar-refractivity contribution in [1.29, 1.82) is 0 Å². The standard InChI is InChI=1S/C15H21NO2/c1-12(9-15(17)18)14-7-8-16(11-14)10-13-5-3-2-4-6-13/h2-6,12,14H,7-11H2,1H3,(H,17,18). The summed E-state index contributed by atoms with van der Waals surface area (Å²) < 4.78 is 0. The quantitative estimate of drug-likeness (QED) is 0.869. The van der Waals surface area contributed by atoms with Crippen LogP contribution in [0.4, 0.5) is 0 Å². The fraction of sp³-hybridized carbons (Fsp3) is 0.533. The van der Waals surface area contributed by atoms with Gasteiger partial charge in [-0.25, -0.2) is 0 Å². The smallest absolute Gasteiger partial charge is 0.303 e. The number of hydrogen-bond donors (Lipinski definition) is 1. The Labute approximate surface area is 108 Å². The van der Waals surface area contributed by atoms with E-state index < -0.39 is 5.97 Å². The highest BCUT2D eigenvalue weighted by Crippen LogP contribution is 2.27. The first-order valence-corrected chi connectivity index (χ1v) is 6.63. The maximum atomic E-state index is 10.7. The van der Waals surface area contributed by atoms with Crippen LogP contribution >= 0.6 is 0 Å². The molecule has 3 nitrogen and oxygen atoms in total. The molecule has 2 atom stereocenters. The first kappa shape index (κ1) is 13.1. The number of benzene rings is 1. The van der Waals surface area contributed by atoms with Gasteiger partial charge in [-0.15, -0.1) is 0 Å². The summed E-state index contributed by atoms with van der Waals surface area (Å²) in [6, 6.07) is 10.5. The second kappa shape index (κ2) is 6.01. The molecule has 0 bridgehead atoms. The SMILES string of the molecule is CC(CC(=O)O)C1CCN(Cc2ccccc2)C1. The van der Waals surface area contributed by atoms with Crippen molar-refractivity contribution in [2.24, 2.45) is 11.8 Å². The summed E-state index contributed by atoms with van der Waals surface area (Å²) in [5, 5.41) is 8.83. The lowest BCUT2D eigenvalue weighted by atomic mass is 9.91. The lowest BCUT2D eigenvalue weighted by Gasteiger charge is -2.19. The van der Waals surface area contributed by atoms with E-state index in [2.05, 4.69) is 36.1 Å². The highest BCUT2D eigenvalue weighted by atomic mass is 16.4. The number of nitrogens with zero attached hydrogens (tertiary/aromatic N) is 1. The second-order valence-corrected chi connectivity index (χ2v) is 5.34. The van der Waals surface area contributed by atoms with E-state index in [9.17, 15) is 4.79 Å². The zero-order valence-electron chi connectivity index (χ0n) is 10.9. The fourth-order valence-electron chi connectivity index (χ4n) is 2.75. The van der Waals surface area contributed by atoms with Gasteiger partial charge in [-0.05, 0) is 30.4 Å². The van der Waals surface area contributed by atoms with Gasteiger partial charge in [0.15, 0.2) is 0 Å². The van der Waals surface area contributed by atoms with E-state index in [0.29, 0.717) is 12.3 Å². The monoisotopic (exact) mass is 247 g/mol. The van der Waals surface area contributed by atoms with Gasteiger partial charge in [-0.3, -0.25) is 9.69 Å². The lowest BCUT2D eigenvalue weighted by molar-refractivity contribution is -0.138. The molecular weight excluding hydrogens is 226 g/mol. The summed E-state index contributed by atoms with van der Waals surface area (Å²) >= 11 is 0. The molecule has 1 aliphatic heterocycles. The van der Waals surface area contributed by atoms with E-state index in [-0.39, 0.29) is 5.92 Å². The zero-order chi connectivity index (χ0) is 13.0. The first-order valence-electron chi connectivity index (χ1n) is 6.63. The summed E-state index contributed by atoms with van der Waals surface area (Å²) in [6.07, 6.45) is 1.42. The third-order valence-electron chi connectivity index (χ3n) is 3.86. The van der Waals surface area contributed by atoms with Crippen LogP contribution in [0, 0.1) is 11.8 Å². The Morgan fingerprint density at radius 3 is 2.83 bits per heavy atom. The van der Waals surface area contributed by atoms with Gasteiger partial charge in [0.25, 0.3) is 0 Å². The third kappa shape index (κ3) is 3.57. The molecule has 98 valence electrons. The highest BCUT2D eigenvalue weighted by molar-refractivity contribution is 5.67. The number of likely N-dealkylation sites (tertiary alicyclic amines) is 1. The molecule has 0 saturated carbocycles. The molecule has 0 radical (unpaired) electrons. The number of carboxylic acid groups (broad SMARTS) is 1. The molecule has 18 heavy (non-hydrogen) atoms. The van der Waals surface area contributed by atoms with Crippen molar-refractivity contribution in [3.05, 3.63) is 35.9 Å². The van der Waals surface area contributed by atoms with Gasteiger partial charge in [0, 0.05) is 19.5 Å². The van der Waals surface area contributed by atoms with E-state index in [1.54, 1.807) is 0 Å². The second-order valence-electron chi connectivity index (χ2n) is 5.34. The van der Waals surface area contributed by atoms with Crippen molar-refractivity contribution >= 4 is 5.97 Å². The van der Waals surface area contributed by atoms with Gasteiger partial charge < -0.3 is 5.11 Å². The van der Waals surface area contributed by atoms with E-state index in [1.807, 2.05) is 6.07 Å². The van der Waals surface area contributed by atoms with Gasteiger partial charge in [-0.1, -0.05) is 37.3 Å². The van der Waals surface area contributed by atoms with Gasteiger partial charge in [-0.2, -0.15) is 0 Å². The van der Waals surface area contributed by atoms with E-state index >= 15 is 0 Å². The van der Waals surface area contributed by atoms with Gasteiger partial charge in [0.1, 0.15) is 0 Å². The van der Waals surface area contributed by atoms with E-state index in [0.717, 1.165) is 26.1 Å². The predicted molar refractivity (Wildman–Crippen MR) is 71.2 cm³/mol. The normalized spacial score (nSPS) is 21.9. The van der Waals surface area contributed by atoms with Crippen LogP contribution in [0.15, 0.2) is 30.3 Å². The molecule has 1 aromatic rings. The molecular formula is C15H21NO2. The van der Waals surface area contributed by atoms with Gasteiger partial charge >= 0.3 is 5.97 Å². The first-order chi connectivity index (χ1) is 8.65. The lowest BCUT2D eigenvalue weighted by Crippen LogP contribution is -2.23. The molecule has 0 amide bonds. The predicted octanol–water partition coefficient (Wildman–Crippen LogP) is 2.62. The summed E-state index contributed by atoms with van der Waals surface area (Å²) in [5.41, 5.74) is 1.34. The van der Waals surface area contributed by atoms with Crippen LogP contribution in [-0.4, -0.2) is 29.1 Å². The Balaban J connectivity index is 1.83. The van der Waals surface area contributed by atoms with Crippen molar-refractivity contribution < 1.29 is 9.90 Å². The number of rotatable bonds is 5. The van der Waals surface area contributed by atoms with Gasteiger partial charge in [0.05, 0.1) is 0 Å². The van der Waals surface area contributed by atoms with Crippen LogP contribution in [-0.2, 0) is 11.3 Å². The summed E-state index contributed by atoms with van der Waals surface area (Å²) in [4.78, 5) is 13.2. The van der Waals surface area contributed by atoms with Crippen molar-refractivity contribution in [2.75, 3.05) is 13.1 Å². The van der Waals surface area contributed by atoms with Crippen molar-refractivity contribution in [3.63, 3.8) is 0 Å². The molecule has 1 aromatic carbocycles. The molecule has 1 aliphatic rings. The zero-order valence-corrected chi connectivity index (χ0v) is 10.9. The van der Waals surface area contributed by atoms with Crippen molar-refractivity contribution in [3.8, 4) is 0 Å². The van der Waals surface area contributed by atoms with Crippen molar-refractivity contribution in [2.45, 2.75) is 26.3 Å². The van der Waals surface area contributed by atoms with Crippen LogP contribution < -0.4 is 0 Å². The number of aliphatic carboxylic acids is 1. The fourth-order valence-corrected chi connectivity index (χ4v) is 2.75. The number of carbonyl (C=O) groups is 1. The topological polar surface area (TPSA) is 40.5 Å². The maximum absolute atomic E-state index is 10.7. The highest BCUT2D eigenvalue weighted by Gasteiger charge is 2.27. The Bertz CT molecular complexity index is 391. The number of carboxylic acids is 1. The third-order valence-corrected chi connectivity index (χ3v) is 3.86. The average molecular weight is 247 g/mol. The maximum Gasteiger partial charge on any atom is 0.303 e. The molecule has 0 aromatic heterocycles. The Kier molecular flexibility index (Phi) is 4.37. The largest absolute Gasteiger partial charge is 0.481 e. The molecule has 2 unspecified atom stereocenters.